The van der Waals surface area contributed by atoms with Crippen molar-refractivity contribution in [3.05, 3.63) is 70.8 Å². The number of carboxylic acids is 1. The van der Waals surface area contributed by atoms with E-state index in [4.69, 9.17) is 0 Å². The van der Waals surface area contributed by atoms with Gasteiger partial charge in [-0.05, 0) is 35.1 Å². The zero-order valence-corrected chi connectivity index (χ0v) is 17.3. The van der Waals surface area contributed by atoms with E-state index in [9.17, 15) is 19.5 Å². The van der Waals surface area contributed by atoms with Gasteiger partial charge in [-0.3, -0.25) is 19.4 Å². The SMILES string of the molecule is O=C(O)CN1C(=O)N(C2(CS)Cc3ccccc3C2)C(=O)C12Cc1ccccc1C2. The van der Waals surface area contributed by atoms with Gasteiger partial charge >= 0.3 is 12.0 Å². The topological polar surface area (TPSA) is 77.9 Å². The van der Waals surface area contributed by atoms with E-state index in [2.05, 4.69) is 12.6 Å². The van der Waals surface area contributed by atoms with Crippen LogP contribution < -0.4 is 0 Å². The average Bonchev–Trinajstić information content (AvgIpc) is 3.36. The van der Waals surface area contributed by atoms with Crippen LogP contribution in [0.4, 0.5) is 4.79 Å². The first-order valence-electron chi connectivity index (χ1n) is 10.0. The Hall–Kier alpha value is -2.80. The summed E-state index contributed by atoms with van der Waals surface area (Å²) >= 11 is 4.56. The Morgan fingerprint density at radius 2 is 1.37 bits per heavy atom. The minimum atomic E-state index is -1.18. The van der Waals surface area contributed by atoms with E-state index >= 15 is 0 Å². The molecule has 154 valence electrons. The molecule has 7 heteroatoms. The summed E-state index contributed by atoms with van der Waals surface area (Å²) in [6.45, 7) is -0.495. The van der Waals surface area contributed by atoms with Crippen molar-refractivity contribution in [1.82, 2.24) is 9.80 Å². The summed E-state index contributed by atoms with van der Waals surface area (Å²) in [4.78, 5) is 41.8. The Labute approximate surface area is 179 Å². The van der Waals surface area contributed by atoms with Gasteiger partial charge in [0.25, 0.3) is 5.91 Å². The number of amides is 3. The van der Waals surface area contributed by atoms with E-state index < -0.39 is 29.6 Å². The van der Waals surface area contributed by atoms with Crippen molar-refractivity contribution in [3.8, 4) is 0 Å². The quantitative estimate of drug-likeness (QED) is 0.586. The van der Waals surface area contributed by atoms with Gasteiger partial charge < -0.3 is 5.11 Å². The summed E-state index contributed by atoms with van der Waals surface area (Å²) in [5, 5.41) is 9.51. The molecule has 30 heavy (non-hydrogen) atoms. The summed E-state index contributed by atoms with van der Waals surface area (Å²) in [6.07, 6.45) is 1.75. The summed E-state index contributed by atoms with van der Waals surface area (Å²) in [6, 6.07) is 15.1. The second kappa shape index (κ2) is 6.60. The minimum absolute atomic E-state index is 0.299. The maximum atomic E-state index is 13.9. The lowest BCUT2D eigenvalue weighted by atomic mass is 9.90. The number of thiol groups is 1. The summed E-state index contributed by atoms with van der Waals surface area (Å²) in [5.74, 6) is -1.10. The number of carbonyl (C=O) groups is 3. The van der Waals surface area contributed by atoms with E-state index in [-0.39, 0.29) is 5.91 Å². The highest BCUT2D eigenvalue weighted by Crippen LogP contribution is 2.46. The monoisotopic (exact) mass is 422 g/mol. The molecule has 0 bridgehead atoms. The first-order chi connectivity index (χ1) is 14.4. The number of fused-ring (bicyclic) bond motifs is 2. The van der Waals surface area contributed by atoms with Gasteiger partial charge in [0.05, 0.1) is 5.54 Å². The largest absolute Gasteiger partial charge is 0.480 e. The van der Waals surface area contributed by atoms with Crippen LogP contribution >= 0.6 is 12.6 Å². The van der Waals surface area contributed by atoms with Gasteiger partial charge in [0.2, 0.25) is 0 Å². The summed E-state index contributed by atoms with van der Waals surface area (Å²) < 4.78 is 0. The van der Waals surface area contributed by atoms with Crippen LogP contribution in [0.2, 0.25) is 0 Å². The second-order valence-electron chi connectivity index (χ2n) is 8.56. The Kier molecular flexibility index (Phi) is 4.22. The third-order valence-electron chi connectivity index (χ3n) is 6.84. The van der Waals surface area contributed by atoms with E-state index in [1.54, 1.807) is 0 Å². The molecular formula is C23H22N2O4S. The smallest absolute Gasteiger partial charge is 0.328 e. The van der Waals surface area contributed by atoms with Crippen LogP contribution in [-0.2, 0) is 35.3 Å². The molecular weight excluding hydrogens is 400 g/mol. The molecule has 1 saturated heterocycles. The van der Waals surface area contributed by atoms with Crippen molar-refractivity contribution in [2.45, 2.75) is 36.8 Å². The fourth-order valence-corrected chi connectivity index (χ4v) is 5.80. The van der Waals surface area contributed by atoms with Gasteiger partial charge in [-0.15, -0.1) is 0 Å². The predicted octanol–water partition coefficient (Wildman–Crippen LogP) is 2.34. The van der Waals surface area contributed by atoms with Crippen LogP contribution in [-0.4, -0.2) is 56.2 Å². The molecule has 1 aliphatic heterocycles. The Balaban J connectivity index is 1.59. The van der Waals surface area contributed by atoms with Crippen LogP contribution in [0.1, 0.15) is 22.3 Å². The van der Waals surface area contributed by atoms with Crippen LogP contribution in [0.25, 0.3) is 0 Å². The number of carbonyl (C=O) groups excluding carboxylic acids is 2. The summed E-state index contributed by atoms with van der Waals surface area (Å²) in [5.41, 5.74) is 2.23. The molecule has 2 aromatic carbocycles. The highest BCUT2D eigenvalue weighted by molar-refractivity contribution is 7.80. The fraction of sp³-hybridized carbons (Fsp3) is 0.348. The van der Waals surface area contributed by atoms with Crippen molar-refractivity contribution in [2.24, 2.45) is 0 Å². The van der Waals surface area contributed by atoms with Crippen molar-refractivity contribution in [3.63, 3.8) is 0 Å². The van der Waals surface area contributed by atoms with E-state index in [1.165, 1.54) is 9.80 Å². The Morgan fingerprint density at radius 1 is 0.900 bits per heavy atom. The average molecular weight is 423 g/mol. The lowest BCUT2D eigenvalue weighted by Gasteiger charge is -2.36. The van der Waals surface area contributed by atoms with Gasteiger partial charge in [0, 0.05) is 18.6 Å². The van der Waals surface area contributed by atoms with Crippen molar-refractivity contribution in [1.29, 1.82) is 0 Å². The lowest BCUT2D eigenvalue weighted by Crippen LogP contribution is -2.56. The van der Waals surface area contributed by atoms with Crippen molar-refractivity contribution in [2.75, 3.05) is 12.3 Å². The molecule has 3 aliphatic rings. The van der Waals surface area contributed by atoms with Gasteiger partial charge in [-0.25, -0.2) is 4.79 Å². The number of nitrogens with zero attached hydrogens (tertiary/aromatic N) is 2. The first kappa shape index (κ1) is 19.2. The summed E-state index contributed by atoms with van der Waals surface area (Å²) in [7, 11) is 0. The van der Waals surface area contributed by atoms with Crippen molar-refractivity contribution < 1.29 is 19.5 Å². The number of rotatable bonds is 4. The number of hydrogen-bond donors (Lipinski definition) is 2. The van der Waals surface area contributed by atoms with Gasteiger partial charge in [0.1, 0.15) is 12.1 Å². The zero-order valence-electron chi connectivity index (χ0n) is 16.4. The number of benzene rings is 2. The number of aliphatic carboxylic acids is 1. The molecule has 1 fully saturated rings. The molecule has 2 aliphatic carbocycles. The van der Waals surface area contributed by atoms with Crippen LogP contribution in [0.3, 0.4) is 0 Å². The molecule has 0 unspecified atom stereocenters. The molecule has 1 heterocycles. The second-order valence-corrected chi connectivity index (χ2v) is 8.88. The molecule has 1 N–H and O–H groups in total. The van der Waals surface area contributed by atoms with E-state index in [0.29, 0.717) is 31.4 Å². The highest BCUT2D eigenvalue weighted by Gasteiger charge is 2.64. The maximum absolute atomic E-state index is 13.9. The number of carboxylic acid groups (broad SMARTS) is 1. The molecule has 2 aromatic rings. The molecule has 0 radical (unpaired) electrons. The Morgan fingerprint density at radius 3 is 1.80 bits per heavy atom. The molecule has 5 rings (SSSR count). The first-order valence-corrected chi connectivity index (χ1v) is 10.7. The van der Waals surface area contributed by atoms with Gasteiger partial charge in [-0.1, -0.05) is 48.5 Å². The molecule has 0 aromatic heterocycles. The van der Waals surface area contributed by atoms with Crippen LogP contribution in [0, 0.1) is 0 Å². The zero-order chi connectivity index (χ0) is 21.1. The normalized spacial score (nSPS) is 20.7. The highest BCUT2D eigenvalue weighted by atomic mass is 32.1. The van der Waals surface area contributed by atoms with E-state index in [1.807, 2.05) is 48.5 Å². The van der Waals surface area contributed by atoms with Crippen LogP contribution in [0.5, 0.6) is 0 Å². The molecule has 1 spiro atoms. The lowest BCUT2D eigenvalue weighted by molar-refractivity contribution is -0.140. The molecule has 6 nitrogen and oxygen atoms in total. The van der Waals surface area contributed by atoms with Gasteiger partial charge in [-0.2, -0.15) is 12.6 Å². The van der Waals surface area contributed by atoms with Crippen LogP contribution in [0.15, 0.2) is 48.5 Å². The standard InChI is InChI=1S/C23H22N2O4S/c26-19(27)13-24-21(29)25(22(14-30)9-15-5-1-2-6-16(15)10-22)20(28)23(24)11-17-7-3-4-8-18(17)12-23/h1-8,30H,9-14H2,(H,26,27). The molecule has 0 saturated carbocycles. The molecule has 3 amide bonds. The number of urea groups is 1. The predicted molar refractivity (Wildman–Crippen MR) is 114 cm³/mol. The minimum Gasteiger partial charge on any atom is -0.480 e. The molecule has 0 atom stereocenters. The number of imide groups is 1. The van der Waals surface area contributed by atoms with Gasteiger partial charge in [0.15, 0.2) is 0 Å². The maximum Gasteiger partial charge on any atom is 0.328 e. The van der Waals surface area contributed by atoms with Crippen molar-refractivity contribution >= 4 is 30.5 Å². The Bertz CT molecular complexity index is 1030. The van der Waals surface area contributed by atoms with E-state index in [0.717, 1.165) is 22.3 Å². The fourth-order valence-electron chi connectivity index (χ4n) is 5.44. The number of hydrogen-bond acceptors (Lipinski definition) is 4. The third-order valence-corrected chi connectivity index (χ3v) is 7.43. The third kappa shape index (κ3) is 2.54.